The van der Waals surface area contributed by atoms with E-state index in [4.69, 9.17) is 23.7 Å². The van der Waals surface area contributed by atoms with Crippen molar-refractivity contribution in [3.05, 3.63) is 41.5 Å². The second-order valence-corrected chi connectivity index (χ2v) is 4.83. The van der Waals surface area contributed by atoms with Gasteiger partial charge in [0.15, 0.2) is 23.0 Å². The average molecular weight is 346 g/mol. The molecule has 25 heavy (non-hydrogen) atoms. The summed E-state index contributed by atoms with van der Waals surface area (Å²) in [5.74, 6) is 0.816. The van der Waals surface area contributed by atoms with Crippen LogP contribution >= 0.6 is 0 Å². The summed E-state index contributed by atoms with van der Waals surface area (Å²) in [7, 11) is 5.78. The van der Waals surface area contributed by atoms with E-state index in [1.54, 1.807) is 0 Å². The van der Waals surface area contributed by atoms with Crippen LogP contribution in [0.3, 0.4) is 0 Å². The van der Waals surface area contributed by atoms with Crippen LogP contribution in [-0.2, 0) is 0 Å². The first-order valence-electron chi connectivity index (χ1n) is 7.23. The van der Waals surface area contributed by atoms with Crippen molar-refractivity contribution in [2.75, 3.05) is 28.4 Å². The highest BCUT2D eigenvalue weighted by molar-refractivity contribution is 5.95. The molecule has 0 radical (unpaired) electrons. The van der Waals surface area contributed by atoms with Crippen molar-refractivity contribution < 1.29 is 33.3 Å². The second-order valence-electron chi connectivity index (χ2n) is 4.83. The van der Waals surface area contributed by atoms with E-state index < -0.39 is 5.97 Å². The van der Waals surface area contributed by atoms with E-state index in [2.05, 4.69) is 0 Å². The highest BCUT2D eigenvalue weighted by Gasteiger charge is 2.21. The minimum atomic E-state index is -0.671. The van der Waals surface area contributed by atoms with Gasteiger partial charge >= 0.3 is 5.97 Å². The Balaban J connectivity index is 2.39. The van der Waals surface area contributed by atoms with Crippen LogP contribution in [-0.4, -0.2) is 40.7 Å². The average Bonchev–Trinajstić information content (AvgIpc) is 2.66. The largest absolute Gasteiger partial charge is 0.496 e. The molecular weight excluding hydrogens is 328 g/mol. The highest BCUT2D eigenvalue weighted by Crippen LogP contribution is 2.36. The number of esters is 1. The van der Waals surface area contributed by atoms with E-state index in [1.807, 2.05) is 0 Å². The fourth-order valence-corrected chi connectivity index (χ4v) is 2.19. The monoisotopic (exact) mass is 346 g/mol. The van der Waals surface area contributed by atoms with Crippen molar-refractivity contribution in [3.63, 3.8) is 0 Å². The van der Waals surface area contributed by atoms with E-state index in [0.29, 0.717) is 23.3 Å². The molecule has 0 atom stereocenters. The van der Waals surface area contributed by atoms with Gasteiger partial charge in [0.2, 0.25) is 0 Å². The van der Waals surface area contributed by atoms with E-state index in [1.165, 1.54) is 58.8 Å². The molecule has 0 amide bonds. The summed E-state index contributed by atoms with van der Waals surface area (Å²) in [6, 6.07) is 7.47. The summed E-state index contributed by atoms with van der Waals surface area (Å²) >= 11 is 0. The lowest BCUT2D eigenvalue weighted by Crippen LogP contribution is -2.11. The Bertz CT molecular complexity index is 783. The zero-order valence-corrected chi connectivity index (χ0v) is 14.3. The first-order chi connectivity index (χ1) is 12.1. The van der Waals surface area contributed by atoms with Crippen LogP contribution < -0.4 is 23.7 Å². The number of carbonyl (C=O) groups is 2. The topological polar surface area (TPSA) is 80.3 Å². The first-order valence-corrected chi connectivity index (χ1v) is 7.23. The minimum absolute atomic E-state index is 0.154. The molecule has 7 heteroatoms. The molecule has 2 rings (SSSR count). The maximum Gasteiger partial charge on any atom is 0.347 e. The van der Waals surface area contributed by atoms with Gasteiger partial charge in [-0.15, -0.1) is 0 Å². The number of ether oxygens (including phenoxy) is 5. The van der Waals surface area contributed by atoms with Crippen LogP contribution in [0.2, 0.25) is 0 Å². The van der Waals surface area contributed by atoms with Crippen LogP contribution in [0.15, 0.2) is 30.3 Å². The third-order valence-electron chi connectivity index (χ3n) is 3.45. The van der Waals surface area contributed by atoms with E-state index >= 15 is 0 Å². The van der Waals surface area contributed by atoms with Crippen molar-refractivity contribution in [3.8, 4) is 28.7 Å². The van der Waals surface area contributed by atoms with Crippen molar-refractivity contribution in [2.45, 2.75) is 0 Å². The predicted octanol–water partition coefficient (Wildman–Crippen LogP) is 2.75. The van der Waals surface area contributed by atoms with Gasteiger partial charge in [-0.25, -0.2) is 4.79 Å². The number of hydrogen-bond donors (Lipinski definition) is 0. The molecule has 0 bridgehead atoms. The van der Waals surface area contributed by atoms with E-state index in [0.717, 1.165) is 0 Å². The van der Waals surface area contributed by atoms with Gasteiger partial charge in [0.25, 0.3) is 0 Å². The summed E-state index contributed by atoms with van der Waals surface area (Å²) < 4.78 is 26.1. The molecule has 0 aliphatic rings. The van der Waals surface area contributed by atoms with Gasteiger partial charge < -0.3 is 23.7 Å². The third kappa shape index (κ3) is 3.82. The Hall–Kier alpha value is -3.22. The molecule has 0 saturated heterocycles. The summed E-state index contributed by atoms with van der Waals surface area (Å²) in [6.45, 7) is 0. The maximum atomic E-state index is 12.6. The number of aldehydes is 1. The Kier molecular flexibility index (Phi) is 5.84. The molecule has 7 nitrogen and oxygen atoms in total. The molecule has 2 aromatic carbocycles. The van der Waals surface area contributed by atoms with Gasteiger partial charge in [-0.05, 0) is 18.2 Å². The smallest absolute Gasteiger partial charge is 0.347 e. The molecule has 0 aliphatic carbocycles. The SMILES string of the molecule is COc1cc(OC)c(C(=O)Oc2ccc(C=O)cc2OC)cc1OC. The second kappa shape index (κ2) is 8.05. The molecule has 0 N–H and O–H groups in total. The molecule has 0 saturated carbocycles. The first kappa shape index (κ1) is 18.1. The fraction of sp³-hybridized carbons (Fsp3) is 0.222. The normalized spacial score (nSPS) is 9.92. The van der Waals surface area contributed by atoms with Crippen molar-refractivity contribution in [1.82, 2.24) is 0 Å². The van der Waals surface area contributed by atoms with Crippen LogP contribution in [0.4, 0.5) is 0 Å². The Morgan fingerprint density at radius 3 is 1.88 bits per heavy atom. The molecule has 0 aromatic heterocycles. The number of rotatable bonds is 7. The summed E-state index contributed by atoms with van der Waals surface area (Å²) in [5, 5.41) is 0. The lowest BCUT2D eigenvalue weighted by atomic mass is 10.1. The Morgan fingerprint density at radius 2 is 1.32 bits per heavy atom. The van der Waals surface area contributed by atoms with Gasteiger partial charge in [-0.1, -0.05) is 0 Å². The third-order valence-corrected chi connectivity index (χ3v) is 3.45. The molecule has 132 valence electrons. The van der Waals surface area contributed by atoms with Crippen molar-refractivity contribution in [1.29, 1.82) is 0 Å². The molecule has 0 spiro atoms. The summed E-state index contributed by atoms with van der Waals surface area (Å²) in [4.78, 5) is 23.4. The fourth-order valence-electron chi connectivity index (χ4n) is 2.19. The maximum absolute atomic E-state index is 12.6. The summed E-state index contributed by atoms with van der Waals surface area (Å²) in [5.41, 5.74) is 0.557. The number of hydrogen-bond acceptors (Lipinski definition) is 7. The lowest BCUT2D eigenvalue weighted by molar-refractivity contribution is 0.0725. The van der Waals surface area contributed by atoms with Gasteiger partial charge in [0.1, 0.15) is 17.6 Å². The van der Waals surface area contributed by atoms with Gasteiger partial charge in [0.05, 0.1) is 28.4 Å². The summed E-state index contributed by atoms with van der Waals surface area (Å²) in [6.07, 6.45) is 0.672. The Labute approximate surface area is 145 Å². The van der Waals surface area contributed by atoms with Gasteiger partial charge in [0, 0.05) is 17.7 Å². The van der Waals surface area contributed by atoms with Gasteiger partial charge in [-0.2, -0.15) is 0 Å². The van der Waals surface area contributed by atoms with Crippen molar-refractivity contribution >= 4 is 12.3 Å². The van der Waals surface area contributed by atoms with Crippen LogP contribution in [0.25, 0.3) is 0 Å². The Morgan fingerprint density at radius 1 is 0.760 bits per heavy atom. The number of benzene rings is 2. The highest BCUT2D eigenvalue weighted by atomic mass is 16.6. The zero-order chi connectivity index (χ0) is 18.4. The molecule has 0 unspecified atom stereocenters. The van der Waals surface area contributed by atoms with E-state index in [9.17, 15) is 9.59 Å². The molecule has 2 aromatic rings. The molecular formula is C18H18O7. The van der Waals surface area contributed by atoms with E-state index in [-0.39, 0.29) is 22.8 Å². The predicted molar refractivity (Wildman–Crippen MR) is 89.4 cm³/mol. The molecule has 0 aliphatic heterocycles. The minimum Gasteiger partial charge on any atom is -0.496 e. The van der Waals surface area contributed by atoms with Crippen molar-refractivity contribution in [2.24, 2.45) is 0 Å². The zero-order valence-electron chi connectivity index (χ0n) is 14.3. The standard InChI is InChI=1S/C18H18O7/c1-21-14-9-17(24-4)16(23-3)8-12(14)18(20)25-13-6-5-11(10-19)7-15(13)22-2/h5-10H,1-4H3. The van der Waals surface area contributed by atoms with Crippen LogP contribution in [0.1, 0.15) is 20.7 Å². The molecule has 0 heterocycles. The quantitative estimate of drug-likeness (QED) is 0.433. The number of carbonyl (C=O) groups excluding carboxylic acids is 2. The van der Waals surface area contributed by atoms with Crippen LogP contribution in [0.5, 0.6) is 28.7 Å². The lowest BCUT2D eigenvalue weighted by Gasteiger charge is -2.14. The van der Waals surface area contributed by atoms with Gasteiger partial charge in [-0.3, -0.25) is 4.79 Å². The number of methoxy groups -OCH3 is 4. The molecule has 0 fully saturated rings. The van der Waals surface area contributed by atoms with Crippen LogP contribution in [0, 0.1) is 0 Å².